The molecular formula is C9H12BrNO2. The second-order valence-corrected chi connectivity index (χ2v) is 3.62. The van der Waals surface area contributed by atoms with Crippen molar-refractivity contribution in [1.82, 2.24) is 0 Å². The molecule has 0 heterocycles. The summed E-state index contributed by atoms with van der Waals surface area (Å²) >= 11 is 3.35. The van der Waals surface area contributed by atoms with Crippen molar-refractivity contribution in [2.75, 3.05) is 13.7 Å². The first-order chi connectivity index (χ1) is 6.15. The van der Waals surface area contributed by atoms with Gasteiger partial charge in [0.25, 0.3) is 0 Å². The molecule has 72 valence electrons. The molecular weight excluding hydrogens is 234 g/mol. The van der Waals surface area contributed by atoms with E-state index < -0.39 is 0 Å². The highest BCUT2D eigenvalue weighted by Crippen LogP contribution is 2.26. The molecule has 0 aromatic heterocycles. The predicted octanol–water partition coefficient (Wildman–Crippen LogP) is 1.80. The number of methoxy groups -OCH3 is 1. The maximum Gasteiger partial charge on any atom is 0.115 e. The third-order valence-electron chi connectivity index (χ3n) is 1.73. The topological polar surface area (TPSA) is 55.5 Å². The van der Waals surface area contributed by atoms with Gasteiger partial charge in [-0.05, 0) is 23.8 Å². The van der Waals surface area contributed by atoms with Crippen LogP contribution >= 0.6 is 15.9 Å². The molecule has 1 aromatic carbocycles. The number of hydrogen-bond donors (Lipinski definition) is 2. The van der Waals surface area contributed by atoms with Crippen LogP contribution in [0.25, 0.3) is 0 Å². The van der Waals surface area contributed by atoms with Crippen LogP contribution in [0.5, 0.6) is 5.75 Å². The highest BCUT2D eigenvalue weighted by molar-refractivity contribution is 9.10. The summed E-state index contributed by atoms with van der Waals surface area (Å²) in [4.78, 5) is 0. The number of benzene rings is 1. The first kappa shape index (κ1) is 10.5. The van der Waals surface area contributed by atoms with Crippen LogP contribution in [0.4, 0.5) is 0 Å². The molecule has 0 bridgehead atoms. The average molecular weight is 246 g/mol. The van der Waals surface area contributed by atoms with Crippen LogP contribution in [0, 0.1) is 0 Å². The van der Waals surface area contributed by atoms with Crippen molar-refractivity contribution in [3.8, 4) is 5.75 Å². The molecule has 0 unspecified atom stereocenters. The van der Waals surface area contributed by atoms with E-state index in [2.05, 4.69) is 15.9 Å². The molecule has 0 aliphatic heterocycles. The third-order valence-corrected chi connectivity index (χ3v) is 2.45. The minimum Gasteiger partial charge on any atom is -0.508 e. The van der Waals surface area contributed by atoms with Crippen LogP contribution < -0.4 is 5.73 Å². The molecule has 1 aromatic rings. The van der Waals surface area contributed by atoms with Gasteiger partial charge in [0.1, 0.15) is 5.75 Å². The van der Waals surface area contributed by atoms with Gasteiger partial charge >= 0.3 is 0 Å². The van der Waals surface area contributed by atoms with Crippen LogP contribution in [-0.2, 0) is 4.74 Å². The summed E-state index contributed by atoms with van der Waals surface area (Å²) in [5.74, 6) is 0.213. The largest absolute Gasteiger partial charge is 0.508 e. The molecule has 4 heteroatoms. The summed E-state index contributed by atoms with van der Waals surface area (Å²) < 4.78 is 5.81. The highest BCUT2D eigenvalue weighted by atomic mass is 79.9. The van der Waals surface area contributed by atoms with Gasteiger partial charge in [-0.3, -0.25) is 0 Å². The Morgan fingerprint density at radius 2 is 2.31 bits per heavy atom. The Bertz CT molecular complexity index is 291. The van der Waals surface area contributed by atoms with E-state index in [1.165, 1.54) is 0 Å². The number of ether oxygens (including phenoxy) is 1. The van der Waals surface area contributed by atoms with Crippen molar-refractivity contribution in [1.29, 1.82) is 0 Å². The van der Waals surface area contributed by atoms with Gasteiger partial charge in [0.15, 0.2) is 0 Å². The minimum absolute atomic E-state index is 0.213. The molecule has 0 spiro atoms. The van der Waals surface area contributed by atoms with E-state index in [1.807, 2.05) is 0 Å². The van der Waals surface area contributed by atoms with Gasteiger partial charge in [-0.25, -0.2) is 0 Å². The van der Waals surface area contributed by atoms with E-state index in [1.54, 1.807) is 25.3 Å². The fourth-order valence-electron chi connectivity index (χ4n) is 1.08. The smallest absolute Gasteiger partial charge is 0.115 e. The second-order valence-electron chi connectivity index (χ2n) is 2.77. The Morgan fingerprint density at radius 3 is 2.92 bits per heavy atom. The number of rotatable bonds is 3. The number of aromatic hydroxyl groups is 1. The Morgan fingerprint density at radius 1 is 1.62 bits per heavy atom. The molecule has 0 amide bonds. The van der Waals surface area contributed by atoms with Crippen molar-refractivity contribution in [3.63, 3.8) is 0 Å². The summed E-state index contributed by atoms with van der Waals surface area (Å²) in [5, 5.41) is 9.24. The lowest BCUT2D eigenvalue weighted by atomic mass is 10.1. The number of phenolic OH excluding ortho intramolecular Hbond substituents is 1. The molecule has 0 aliphatic carbocycles. The number of halogens is 1. The van der Waals surface area contributed by atoms with Gasteiger partial charge in [-0.1, -0.05) is 15.9 Å². The van der Waals surface area contributed by atoms with Crippen LogP contribution in [-0.4, -0.2) is 18.8 Å². The molecule has 0 saturated carbocycles. The number of hydrogen-bond acceptors (Lipinski definition) is 3. The SMILES string of the molecule is COC[C@H](N)c1cc(O)ccc1Br. The standard InChI is InChI=1S/C9H12BrNO2/c1-13-5-9(11)7-4-6(12)2-3-8(7)10/h2-4,9,12H,5,11H2,1H3/t9-/m0/s1. The van der Waals surface area contributed by atoms with E-state index in [4.69, 9.17) is 10.5 Å². The normalized spacial score (nSPS) is 12.8. The van der Waals surface area contributed by atoms with Gasteiger partial charge in [0.2, 0.25) is 0 Å². The Balaban J connectivity index is 2.91. The fourth-order valence-corrected chi connectivity index (χ4v) is 1.63. The van der Waals surface area contributed by atoms with Crippen LogP contribution in [0.3, 0.4) is 0 Å². The van der Waals surface area contributed by atoms with Crippen LogP contribution in [0.1, 0.15) is 11.6 Å². The lowest BCUT2D eigenvalue weighted by molar-refractivity contribution is 0.180. The maximum absolute atomic E-state index is 9.24. The molecule has 3 N–H and O–H groups in total. The van der Waals surface area contributed by atoms with E-state index in [0.717, 1.165) is 10.0 Å². The number of phenols is 1. The van der Waals surface area contributed by atoms with Gasteiger partial charge in [-0.2, -0.15) is 0 Å². The van der Waals surface area contributed by atoms with Crippen molar-refractivity contribution in [2.24, 2.45) is 5.73 Å². The summed E-state index contributed by atoms with van der Waals surface area (Å²) in [6, 6.07) is 4.78. The maximum atomic E-state index is 9.24. The van der Waals surface area contributed by atoms with Crippen LogP contribution in [0.15, 0.2) is 22.7 Å². The molecule has 0 aliphatic rings. The number of nitrogens with two attached hydrogens (primary N) is 1. The van der Waals surface area contributed by atoms with E-state index in [0.29, 0.717) is 6.61 Å². The zero-order chi connectivity index (χ0) is 9.84. The minimum atomic E-state index is -0.216. The van der Waals surface area contributed by atoms with Gasteiger partial charge in [-0.15, -0.1) is 0 Å². The zero-order valence-electron chi connectivity index (χ0n) is 7.33. The van der Waals surface area contributed by atoms with E-state index >= 15 is 0 Å². The summed E-state index contributed by atoms with van der Waals surface area (Å²) in [5.41, 5.74) is 6.66. The molecule has 13 heavy (non-hydrogen) atoms. The Kier molecular flexibility index (Phi) is 3.71. The lowest BCUT2D eigenvalue weighted by Gasteiger charge is -2.12. The molecule has 0 saturated heterocycles. The molecule has 1 atom stereocenters. The van der Waals surface area contributed by atoms with Crippen molar-refractivity contribution < 1.29 is 9.84 Å². The fraction of sp³-hybridized carbons (Fsp3) is 0.333. The van der Waals surface area contributed by atoms with Crippen molar-refractivity contribution in [2.45, 2.75) is 6.04 Å². The van der Waals surface area contributed by atoms with E-state index in [-0.39, 0.29) is 11.8 Å². The molecule has 0 radical (unpaired) electrons. The van der Waals surface area contributed by atoms with Crippen molar-refractivity contribution in [3.05, 3.63) is 28.2 Å². The predicted molar refractivity (Wildman–Crippen MR) is 54.6 cm³/mol. The molecule has 3 nitrogen and oxygen atoms in total. The molecule has 1 rings (SSSR count). The summed E-state index contributed by atoms with van der Waals surface area (Å²) in [6.45, 7) is 0.433. The third kappa shape index (κ3) is 2.69. The van der Waals surface area contributed by atoms with Crippen molar-refractivity contribution >= 4 is 15.9 Å². The zero-order valence-corrected chi connectivity index (χ0v) is 8.91. The van der Waals surface area contributed by atoms with Gasteiger partial charge in [0.05, 0.1) is 12.6 Å². The van der Waals surface area contributed by atoms with Gasteiger partial charge < -0.3 is 15.6 Å². The second kappa shape index (κ2) is 4.60. The lowest BCUT2D eigenvalue weighted by Crippen LogP contribution is -2.16. The van der Waals surface area contributed by atoms with Crippen LogP contribution in [0.2, 0.25) is 0 Å². The quantitative estimate of drug-likeness (QED) is 0.854. The Hall–Kier alpha value is -0.580. The van der Waals surface area contributed by atoms with E-state index in [9.17, 15) is 5.11 Å². The highest BCUT2D eigenvalue weighted by Gasteiger charge is 2.09. The first-order valence-corrected chi connectivity index (χ1v) is 4.67. The average Bonchev–Trinajstić information content (AvgIpc) is 2.09. The van der Waals surface area contributed by atoms with Gasteiger partial charge in [0, 0.05) is 11.6 Å². The Labute approximate surface area is 85.6 Å². The summed E-state index contributed by atoms with van der Waals surface area (Å²) in [7, 11) is 1.59. The summed E-state index contributed by atoms with van der Waals surface area (Å²) in [6.07, 6.45) is 0. The monoisotopic (exact) mass is 245 g/mol. The first-order valence-electron chi connectivity index (χ1n) is 3.88. The molecule has 0 fully saturated rings.